The summed E-state index contributed by atoms with van der Waals surface area (Å²) in [5.41, 5.74) is 3.08. The van der Waals surface area contributed by atoms with Crippen LogP contribution in [0.4, 0.5) is 0 Å². The highest BCUT2D eigenvalue weighted by Crippen LogP contribution is 2.58. The molecule has 2 heteroatoms. The Bertz CT molecular complexity index is 595. The van der Waals surface area contributed by atoms with Crippen molar-refractivity contribution < 1.29 is 9.53 Å². The molecule has 0 saturated heterocycles. The van der Waals surface area contributed by atoms with Gasteiger partial charge < -0.3 is 4.74 Å². The van der Waals surface area contributed by atoms with Gasteiger partial charge in [0, 0.05) is 11.8 Å². The summed E-state index contributed by atoms with van der Waals surface area (Å²) in [6.45, 7) is 2.25. The van der Waals surface area contributed by atoms with Crippen LogP contribution in [0.15, 0.2) is 35.1 Å². The predicted octanol–water partition coefficient (Wildman–Crippen LogP) is 4.58. The number of Topliss-reactive ketones (excluding diaryl/α,β-unsaturated/α-hetero) is 1. The third-order valence-electron chi connectivity index (χ3n) is 6.90. The van der Waals surface area contributed by atoms with Crippen molar-refractivity contribution in [1.82, 2.24) is 0 Å². The van der Waals surface area contributed by atoms with Crippen LogP contribution < -0.4 is 0 Å². The maximum absolute atomic E-state index is 12.4. The Morgan fingerprint density at radius 1 is 1.18 bits per heavy atom. The van der Waals surface area contributed by atoms with Gasteiger partial charge in [0.05, 0.1) is 7.11 Å². The molecule has 0 aliphatic heterocycles. The van der Waals surface area contributed by atoms with Gasteiger partial charge in [-0.05, 0) is 68.4 Å². The fourth-order valence-corrected chi connectivity index (χ4v) is 5.63. The molecule has 0 aromatic heterocycles. The molecular formula is C20H26O2. The quantitative estimate of drug-likeness (QED) is 0.708. The molecule has 2 nitrogen and oxygen atoms in total. The normalized spacial score (nSPS) is 40.5. The number of carbonyl (C=O) groups is 1. The zero-order chi connectivity index (χ0) is 15.3. The van der Waals surface area contributed by atoms with Crippen LogP contribution in [0.1, 0.15) is 51.9 Å². The van der Waals surface area contributed by atoms with Crippen LogP contribution >= 0.6 is 0 Å². The van der Waals surface area contributed by atoms with E-state index in [-0.39, 0.29) is 5.41 Å². The van der Waals surface area contributed by atoms with Crippen LogP contribution in [0, 0.1) is 23.2 Å². The van der Waals surface area contributed by atoms with E-state index < -0.39 is 0 Å². The van der Waals surface area contributed by atoms with Gasteiger partial charge >= 0.3 is 0 Å². The lowest BCUT2D eigenvalue weighted by Crippen LogP contribution is -2.41. The Kier molecular flexibility index (Phi) is 3.32. The van der Waals surface area contributed by atoms with Crippen molar-refractivity contribution in [3.8, 4) is 0 Å². The summed E-state index contributed by atoms with van der Waals surface area (Å²) in [4.78, 5) is 12.4. The van der Waals surface area contributed by atoms with Gasteiger partial charge in [0.25, 0.3) is 0 Å². The first-order chi connectivity index (χ1) is 10.6. The molecule has 0 aromatic carbocycles. The lowest BCUT2D eigenvalue weighted by atomic mass is 9.58. The van der Waals surface area contributed by atoms with Crippen molar-refractivity contribution in [2.24, 2.45) is 23.2 Å². The minimum Gasteiger partial charge on any atom is -0.497 e. The molecule has 4 aliphatic rings. The van der Waals surface area contributed by atoms with Gasteiger partial charge in [-0.3, -0.25) is 4.79 Å². The predicted molar refractivity (Wildman–Crippen MR) is 87.2 cm³/mol. The number of fused-ring (bicyclic) bond motifs is 6. The summed E-state index contributed by atoms with van der Waals surface area (Å²) in [5.74, 6) is 3.53. The highest BCUT2D eigenvalue weighted by Gasteiger charge is 2.54. The van der Waals surface area contributed by atoms with Gasteiger partial charge in [-0.2, -0.15) is 0 Å². The molecule has 0 unspecified atom stereocenters. The van der Waals surface area contributed by atoms with Gasteiger partial charge in [-0.25, -0.2) is 0 Å². The van der Waals surface area contributed by atoms with Crippen LogP contribution in [-0.4, -0.2) is 12.9 Å². The molecule has 4 atom stereocenters. The number of hydrogen-bond donors (Lipinski definition) is 0. The molecule has 3 fully saturated rings. The van der Waals surface area contributed by atoms with Gasteiger partial charge in [0.1, 0.15) is 11.5 Å². The van der Waals surface area contributed by atoms with Gasteiger partial charge in [0.2, 0.25) is 0 Å². The van der Waals surface area contributed by atoms with Crippen molar-refractivity contribution in [3.05, 3.63) is 35.1 Å². The molecule has 0 heterocycles. The van der Waals surface area contributed by atoms with Crippen molar-refractivity contribution >= 4 is 5.78 Å². The van der Waals surface area contributed by atoms with Crippen LogP contribution in [0.3, 0.4) is 0 Å². The SMILES string of the molecule is COC1=CC=C2CC(=C1)CC[C@@H]1[C@@H]2CC[C@]2(C)C(=O)CC[C@@H]12. The Balaban J connectivity index is 1.70. The molecule has 0 aromatic rings. The molecule has 22 heavy (non-hydrogen) atoms. The number of carbonyl (C=O) groups excluding carboxylic acids is 1. The summed E-state index contributed by atoms with van der Waals surface area (Å²) >= 11 is 0. The summed E-state index contributed by atoms with van der Waals surface area (Å²) in [7, 11) is 1.75. The molecule has 0 radical (unpaired) electrons. The van der Waals surface area contributed by atoms with Gasteiger partial charge in [-0.15, -0.1) is 0 Å². The van der Waals surface area contributed by atoms with E-state index in [1.807, 2.05) is 0 Å². The van der Waals surface area contributed by atoms with E-state index in [0.717, 1.165) is 31.4 Å². The fourth-order valence-electron chi connectivity index (χ4n) is 5.63. The molecule has 0 amide bonds. The number of ether oxygens (including phenoxy) is 1. The molecule has 0 N–H and O–H groups in total. The van der Waals surface area contributed by atoms with Crippen molar-refractivity contribution in [3.63, 3.8) is 0 Å². The number of allylic oxidation sites excluding steroid dienone is 5. The fraction of sp³-hybridized carbons (Fsp3) is 0.650. The second-order valence-corrected chi connectivity index (χ2v) is 7.83. The molecule has 118 valence electrons. The van der Waals surface area contributed by atoms with Crippen LogP contribution in [0.25, 0.3) is 0 Å². The first kappa shape index (κ1) is 14.3. The molecule has 0 spiro atoms. The molecule has 3 saturated carbocycles. The van der Waals surface area contributed by atoms with E-state index in [2.05, 4.69) is 25.2 Å². The third kappa shape index (κ3) is 2.03. The minimum absolute atomic E-state index is 0.0157. The van der Waals surface area contributed by atoms with E-state index in [1.54, 1.807) is 12.7 Å². The first-order valence-electron chi connectivity index (χ1n) is 8.79. The second kappa shape index (κ2) is 5.11. The number of rotatable bonds is 1. The van der Waals surface area contributed by atoms with Crippen LogP contribution in [0.2, 0.25) is 0 Å². The summed E-state index contributed by atoms with van der Waals surface area (Å²) < 4.78 is 5.45. The van der Waals surface area contributed by atoms with Gasteiger partial charge in [-0.1, -0.05) is 24.1 Å². The van der Waals surface area contributed by atoms with Crippen LogP contribution in [0.5, 0.6) is 0 Å². The zero-order valence-corrected chi connectivity index (χ0v) is 13.7. The largest absolute Gasteiger partial charge is 0.497 e. The van der Waals surface area contributed by atoms with E-state index >= 15 is 0 Å². The topological polar surface area (TPSA) is 26.3 Å². The average Bonchev–Trinajstić information content (AvgIpc) is 2.71. The molecule has 2 bridgehead atoms. The molecule has 4 rings (SSSR count). The Labute approximate surface area is 133 Å². The number of hydrogen-bond acceptors (Lipinski definition) is 2. The van der Waals surface area contributed by atoms with E-state index in [0.29, 0.717) is 23.5 Å². The minimum atomic E-state index is -0.0157. The number of methoxy groups -OCH3 is 1. The van der Waals surface area contributed by atoms with E-state index in [1.165, 1.54) is 24.8 Å². The molecule has 4 aliphatic carbocycles. The van der Waals surface area contributed by atoms with Crippen LogP contribution in [-0.2, 0) is 9.53 Å². The van der Waals surface area contributed by atoms with Crippen molar-refractivity contribution in [2.45, 2.75) is 51.9 Å². The summed E-state index contributed by atoms with van der Waals surface area (Å²) in [5, 5.41) is 0. The van der Waals surface area contributed by atoms with E-state index in [9.17, 15) is 4.79 Å². The van der Waals surface area contributed by atoms with Crippen molar-refractivity contribution in [1.29, 1.82) is 0 Å². The maximum Gasteiger partial charge on any atom is 0.139 e. The smallest absolute Gasteiger partial charge is 0.139 e. The summed E-state index contributed by atoms with van der Waals surface area (Å²) in [6, 6.07) is 0. The lowest BCUT2D eigenvalue weighted by Gasteiger charge is -2.45. The molecular weight excluding hydrogens is 272 g/mol. The van der Waals surface area contributed by atoms with Crippen molar-refractivity contribution in [2.75, 3.05) is 7.11 Å². The first-order valence-corrected chi connectivity index (χ1v) is 8.79. The highest BCUT2D eigenvalue weighted by atomic mass is 16.5. The highest BCUT2D eigenvalue weighted by molar-refractivity contribution is 5.87. The maximum atomic E-state index is 12.4. The zero-order valence-electron chi connectivity index (χ0n) is 13.7. The standard InChI is InChI=1S/C20H26O2/c1-20-10-9-16-14-4-5-15(22-2)12-13(11-14)3-6-17(16)18(20)7-8-19(20)21/h4-5,12,16-18H,3,6-11H2,1-2H3/t16-,17-,18+,20+/m1/s1. The third-order valence-corrected chi connectivity index (χ3v) is 6.90. The second-order valence-electron chi connectivity index (χ2n) is 7.83. The Morgan fingerprint density at radius 2 is 2.05 bits per heavy atom. The lowest BCUT2D eigenvalue weighted by molar-refractivity contribution is -0.129. The average molecular weight is 298 g/mol. The number of ketones is 1. The van der Waals surface area contributed by atoms with E-state index in [4.69, 9.17) is 4.74 Å². The monoisotopic (exact) mass is 298 g/mol. The Morgan fingerprint density at radius 3 is 2.86 bits per heavy atom. The Hall–Kier alpha value is -1.31. The van der Waals surface area contributed by atoms with Gasteiger partial charge in [0.15, 0.2) is 0 Å². The summed E-state index contributed by atoms with van der Waals surface area (Å²) in [6.07, 6.45) is 14.4.